The molecule has 0 aliphatic carbocycles. The molecule has 2 N–H and O–H groups in total. The van der Waals surface area contributed by atoms with Gasteiger partial charge >= 0.3 is 0 Å². The van der Waals surface area contributed by atoms with Crippen LogP contribution in [-0.2, 0) is 6.54 Å². The summed E-state index contributed by atoms with van der Waals surface area (Å²) >= 11 is 1.71. The minimum atomic E-state index is 0.102. The van der Waals surface area contributed by atoms with Gasteiger partial charge in [-0.25, -0.2) is 4.98 Å². The SMILES string of the molecule is CN1Cc2cc(-c3ccc(-c4ccnc(N)c4)s3)ccc2C1=O. The van der Waals surface area contributed by atoms with Gasteiger partial charge in [0, 0.05) is 35.1 Å². The number of carbonyl (C=O) groups is 1. The lowest BCUT2D eigenvalue weighted by atomic mass is 10.1. The molecule has 1 amide bonds. The molecule has 3 aromatic rings. The molecule has 114 valence electrons. The quantitative estimate of drug-likeness (QED) is 0.784. The Kier molecular flexibility index (Phi) is 3.16. The van der Waals surface area contributed by atoms with Gasteiger partial charge in [-0.05, 0) is 53.1 Å². The van der Waals surface area contributed by atoms with Gasteiger partial charge in [0.1, 0.15) is 5.82 Å². The number of rotatable bonds is 2. The van der Waals surface area contributed by atoms with Crippen LogP contribution in [0.3, 0.4) is 0 Å². The molecule has 1 aromatic carbocycles. The molecule has 4 rings (SSSR count). The Morgan fingerprint density at radius 3 is 2.57 bits per heavy atom. The van der Waals surface area contributed by atoms with Crippen LogP contribution in [0.4, 0.5) is 5.82 Å². The molecule has 0 saturated carbocycles. The summed E-state index contributed by atoms with van der Waals surface area (Å²) in [6.45, 7) is 0.682. The van der Waals surface area contributed by atoms with Crippen LogP contribution in [0.5, 0.6) is 0 Å². The first-order valence-electron chi connectivity index (χ1n) is 7.32. The number of hydrogen-bond acceptors (Lipinski definition) is 4. The van der Waals surface area contributed by atoms with E-state index in [1.54, 1.807) is 22.4 Å². The number of nitrogens with zero attached hydrogens (tertiary/aromatic N) is 2. The molecule has 23 heavy (non-hydrogen) atoms. The molecule has 0 spiro atoms. The zero-order chi connectivity index (χ0) is 16.0. The van der Waals surface area contributed by atoms with Gasteiger partial charge in [0.15, 0.2) is 0 Å². The van der Waals surface area contributed by atoms with Crippen molar-refractivity contribution in [1.29, 1.82) is 0 Å². The summed E-state index contributed by atoms with van der Waals surface area (Å²) in [5.41, 5.74) is 9.89. The lowest BCUT2D eigenvalue weighted by molar-refractivity contribution is 0.0816. The number of benzene rings is 1. The standard InChI is InChI=1S/C18H15N3OS/c1-21-10-13-8-11(2-3-14(13)18(21)22)15-4-5-16(23-15)12-6-7-20-17(19)9-12/h2-9H,10H2,1H3,(H2,19,20). The minimum Gasteiger partial charge on any atom is -0.384 e. The Hall–Kier alpha value is -2.66. The lowest BCUT2D eigenvalue weighted by Gasteiger charge is -2.04. The highest BCUT2D eigenvalue weighted by atomic mass is 32.1. The topological polar surface area (TPSA) is 59.2 Å². The van der Waals surface area contributed by atoms with Crippen LogP contribution in [0.15, 0.2) is 48.7 Å². The highest BCUT2D eigenvalue weighted by Crippen LogP contribution is 2.36. The maximum atomic E-state index is 12.0. The van der Waals surface area contributed by atoms with Gasteiger partial charge in [-0.3, -0.25) is 4.79 Å². The molecule has 0 bridgehead atoms. The predicted octanol–water partition coefficient (Wildman–Crippen LogP) is 3.64. The van der Waals surface area contributed by atoms with Crippen LogP contribution in [0.2, 0.25) is 0 Å². The molecule has 0 atom stereocenters. The van der Waals surface area contributed by atoms with E-state index < -0.39 is 0 Å². The second-order valence-electron chi connectivity index (χ2n) is 5.67. The van der Waals surface area contributed by atoms with E-state index in [1.807, 2.05) is 31.3 Å². The predicted molar refractivity (Wildman–Crippen MR) is 93.2 cm³/mol. The van der Waals surface area contributed by atoms with E-state index in [4.69, 9.17) is 5.73 Å². The van der Waals surface area contributed by atoms with Crippen LogP contribution < -0.4 is 5.73 Å². The molecule has 0 fully saturated rings. The molecule has 2 aromatic heterocycles. The summed E-state index contributed by atoms with van der Waals surface area (Å²) in [4.78, 5) is 20.1. The summed E-state index contributed by atoms with van der Waals surface area (Å²) in [6.07, 6.45) is 1.72. The van der Waals surface area contributed by atoms with Gasteiger partial charge in [0.05, 0.1) is 0 Å². The van der Waals surface area contributed by atoms with Gasteiger partial charge in [0.25, 0.3) is 5.91 Å². The first kappa shape index (κ1) is 14.0. The molecule has 0 saturated heterocycles. The number of carbonyl (C=O) groups excluding carboxylic acids is 1. The fourth-order valence-corrected chi connectivity index (χ4v) is 3.87. The van der Waals surface area contributed by atoms with E-state index in [2.05, 4.69) is 23.2 Å². The lowest BCUT2D eigenvalue weighted by Crippen LogP contribution is -2.17. The van der Waals surface area contributed by atoms with Crippen molar-refractivity contribution in [3.63, 3.8) is 0 Å². The van der Waals surface area contributed by atoms with Crippen molar-refractivity contribution < 1.29 is 4.79 Å². The molecule has 3 heterocycles. The Morgan fingerprint density at radius 2 is 1.83 bits per heavy atom. The van der Waals surface area contributed by atoms with E-state index in [1.165, 1.54) is 4.88 Å². The Bertz CT molecular complexity index is 916. The average molecular weight is 321 g/mol. The number of anilines is 1. The number of thiophene rings is 1. The van der Waals surface area contributed by atoms with E-state index in [0.717, 1.165) is 27.1 Å². The summed E-state index contributed by atoms with van der Waals surface area (Å²) < 4.78 is 0. The third-order valence-corrected chi connectivity index (χ3v) is 5.23. The van der Waals surface area contributed by atoms with Crippen LogP contribution in [0, 0.1) is 0 Å². The third-order valence-electron chi connectivity index (χ3n) is 4.05. The van der Waals surface area contributed by atoms with Gasteiger partial charge in [-0.15, -0.1) is 11.3 Å². The van der Waals surface area contributed by atoms with E-state index in [9.17, 15) is 4.79 Å². The van der Waals surface area contributed by atoms with Crippen molar-refractivity contribution in [2.75, 3.05) is 12.8 Å². The third kappa shape index (κ3) is 2.39. The normalized spacial score (nSPS) is 13.4. The number of nitrogens with two attached hydrogens (primary N) is 1. The fourth-order valence-electron chi connectivity index (χ4n) is 2.87. The number of pyridine rings is 1. The first-order chi connectivity index (χ1) is 11.1. The van der Waals surface area contributed by atoms with Crippen LogP contribution in [0.1, 0.15) is 15.9 Å². The largest absolute Gasteiger partial charge is 0.384 e. The summed E-state index contributed by atoms with van der Waals surface area (Å²) in [6, 6.07) is 14.1. The molecular formula is C18H15N3OS. The molecule has 5 heteroatoms. The summed E-state index contributed by atoms with van der Waals surface area (Å²) in [5.74, 6) is 0.627. The van der Waals surface area contributed by atoms with Crippen LogP contribution >= 0.6 is 11.3 Å². The van der Waals surface area contributed by atoms with Crippen molar-refractivity contribution >= 4 is 23.1 Å². The van der Waals surface area contributed by atoms with Crippen molar-refractivity contribution in [3.8, 4) is 20.9 Å². The van der Waals surface area contributed by atoms with Gasteiger partial charge in [-0.2, -0.15) is 0 Å². The van der Waals surface area contributed by atoms with Gasteiger partial charge < -0.3 is 10.6 Å². The average Bonchev–Trinajstić information content (AvgIpc) is 3.13. The molecule has 0 radical (unpaired) electrons. The second-order valence-corrected chi connectivity index (χ2v) is 6.75. The molecule has 4 nitrogen and oxygen atoms in total. The number of nitrogen functional groups attached to an aromatic ring is 1. The molecule has 1 aliphatic heterocycles. The number of amides is 1. The minimum absolute atomic E-state index is 0.102. The highest BCUT2D eigenvalue weighted by molar-refractivity contribution is 7.18. The monoisotopic (exact) mass is 321 g/mol. The van der Waals surface area contributed by atoms with Crippen molar-refractivity contribution in [3.05, 3.63) is 59.8 Å². The molecule has 1 aliphatic rings. The zero-order valence-corrected chi connectivity index (χ0v) is 13.4. The number of aromatic nitrogens is 1. The maximum Gasteiger partial charge on any atom is 0.254 e. The van der Waals surface area contributed by atoms with Gasteiger partial charge in [0.2, 0.25) is 0 Å². The van der Waals surface area contributed by atoms with Crippen molar-refractivity contribution in [2.45, 2.75) is 6.54 Å². The number of hydrogen-bond donors (Lipinski definition) is 1. The van der Waals surface area contributed by atoms with Crippen molar-refractivity contribution in [1.82, 2.24) is 9.88 Å². The van der Waals surface area contributed by atoms with Gasteiger partial charge in [-0.1, -0.05) is 6.07 Å². The Labute approximate surface area is 138 Å². The zero-order valence-electron chi connectivity index (χ0n) is 12.6. The Balaban J connectivity index is 1.70. The molecular weight excluding hydrogens is 306 g/mol. The second kappa shape index (κ2) is 5.21. The maximum absolute atomic E-state index is 12.0. The summed E-state index contributed by atoms with van der Waals surface area (Å²) in [5, 5.41) is 0. The fraction of sp³-hybridized carbons (Fsp3) is 0.111. The first-order valence-corrected chi connectivity index (χ1v) is 8.14. The van der Waals surface area contributed by atoms with E-state index in [-0.39, 0.29) is 5.91 Å². The number of fused-ring (bicyclic) bond motifs is 1. The van der Waals surface area contributed by atoms with E-state index in [0.29, 0.717) is 12.4 Å². The molecule has 0 unspecified atom stereocenters. The highest BCUT2D eigenvalue weighted by Gasteiger charge is 2.24. The summed E-state index contributed by atoms with van der Waals surface area (Å²) in [7, 11) is 1.83. The van der Waals surface area contributed by atoms with Crippen molar-refractivity contribution in [2.24, 2.45) is 0 Å². The smallest absolute Gasteiger partial charge is 0.254 e. The van der Waals surface area contributed by atoms with E-state index >= 15 is 0 Å². The van der Waals surface area contributed by atoms with Crippen LogP contribution in [0.25, 0.3) is 20.9 Å². The Morgan fingerprint density at radius 1 is 1.09 bits per heavy atom. The van der Waals surface area contributed by atoms with Crippen LogP contribution in [-0.4, -0.2) is 22.8 Å².